The van der Waals surface area contributed by atoms with Crippen LogP contribution < -0.4 is 11.1 Å². The van der Waals surface area contributed by atoms with Gasteiger partial charge in [0.25, 0.3) is 0 Å². The second kappa shape index (κ2) is 4.94. The van der Waals surface area contributed by atoms with Crippen LogP contribution in [0, 0.1) is 17.1 Å². The van der Waals surface area contributed by atoms with Crippen LogP contribution >= 0.6 is 11.6 Å². The predicted octanol–water partition coefficient (Wildman–Crippen LogP) is 3.68. The Morgan fingerprint density at radius 1 is 1.22 bits per heavy atom. The number of nitriles is 1. The standard InChI is InChI=1S/C13H9ClFN3/c14-9-2-1-3-12(13(9)15)18-11-5-4-8(7-16)6-10(11)17/h1-6,18H,17H2. The van der Waals surface area contributed by atoms with Gasteiger partial charge >= 0.3 is 0 Å². The number of rotatable bonds is 2. The van der Waals surface area contributed by atoms with Gasteiger partial charge in [-0.15, -0.1) is 0 Å². The summed E-state index contributed by atoms with van der Waals surface area (Å²) in [5.74, 6) is -0.539. The molecule has 3 nitrogen and oxygen atoms in total. The minimum absolute atomic E-state index is 0.0345. The van der Waals surface area contributed by atoms with Crippen molar-refractivity contribution in [1.82, 2.24) is 0 Å². The van der Waals surface area contributed by atoms with Crippen LogP contribution in [0.2, 0.25) is 5.02 Å². The number of nitrogens with one attached hydrogen (secondary N) is 1. The Morgan fingerprint density at radius 2 is 2.00 bits per heavy atom. The zero-order chi connectivity index (χ0) is 13.1. The molecule has 0 saturated carbocycles. The molecular formula is C13H9ClFN3. The van der Waals surface area contributed by atoms with Gasteiger partial charge in [0, 0.05) is 0 Å². The second-order valence-corrected chi connectivity index (χ2v) is 4.05. The van der Waals surface area contributed by atoms with E-state index in [1.807, 2.05) is 6.07 Å². The molecule has 0 aliphatic heterocycles. The van der Waals surface area contributed by atoms with E-state index >= 15 is 0 Å². The van der Waals surface area contributed by atoms with Gasteiger partial charge in [0.1, 0.15) is 0 Å². The molecule has 0 aromatic heterocycles. The van der Waals surface area contributed by atoms with Crippen LogP contribution in [-0.2, 0) is 0 Å². The summed E-state index contributed by atoms with van der Waals surface area (Å²) in [7, 11) is 0. The third kappa shape index (κ3) is 2.36. The lowest BCUT2D eigenvalue weighted by atomic mass is 10.2. The highest BCUT2D eigenvalue weighted by atomic mass is 35.5. The van der Waals surface area contributed by atoms with E-state index in [1.165, 1.54) is 12.1 Å². The number of benzene rings is 2. The summed E-state index contributed by atoms with van der Waals surface area (Å²) in [6.45, 7) is 0. The first kappa shape index (κ1) is 12.2. The lowest BCUT2D eigenvalue weighted by Gasteiger charge is -2.10. The average Bonchev–Trinajstić information content (AvgIpc) is 2.37. The Bertz CT molecular complexity index is 635. The van der Waals surface area contributed by atoms with Crippen molar-refractivity contribution in [1.29, 1.82) is 5.26 Å². The van der Waals surface area contributed by atoms with Gasteiger partial charge in [-0.1, -0.05) is 17.7 Å². The monoisotopic (exact) mass is 261 g/mol. The summed E-state index contributed by atoms with van der Waals surface area (Å²) >= 11 is 5.68. The quantitative estimate of drug-likeness (QED) is 0.811. The van der Waals surface area contributed by atoms with E-state index in [4.69, 9.17) is 22.6 Å². The summed E-state index contributed by atoms with van der Waals surface area (Å²) in [6, 6.07) is 11.4. The number of nitrogens with two attached hydrogens (primary N) is 1. The fraction of sp³-hybridized carbons (Fsp3) is 0. The van der Waals surface area contributed by atoms with Gasteiger partial charge in [0.05, 0.1) is 33.7 Å². The first-order chi connectivity index (χ1) is 8.61. The largest absolute Gasteiger partial charge is 0.397 e. The number of hydrogen-bond donors (Lipinski definition) is 2. The highest BCUT2D eigenvalue weighted by Gasteiger charge is 2.08. The van der Waals surface area contributed by atoms with E-state index in [9.17, 15) is 4.39 Å². The first-order valence-corrected chi connectivity index (χ1v) is 5.50. The van der Waals surface area contributed by atoms with Crippen molar-refractivity contribution >= 4 is 28.7 Å². The fourth-order valence-corrected chi connectivity index (χ4v) is 1.67. The van der Waals surface area contributed by atoms with Crippen LogP contribution in [0.1, 0.15) is 5.56 Å². The number of anilines is 3. The van der Waals surface area contributed by atoms with Crippen molar-refractivity contribution in [2.24, 2.45) is 0 Å². The van der Waals surface area contributed by atoms with Gasteiger partial charge in [0.2, 0.25) is 0 Å². The number of nitrogen functional groups attached to an aromatic ring is 1. The minimum Gasteiger partial charge on any atom is -0.397 e. The molecule has 0 heterocycles. The SMILES string of the molecule is N#Cc1ccc(Nc2cccc(Cl)c2F)c(N)c1. The molecule has 5 heteroatoms. The maximum atomic E-state index is 13.7. The van der Waals surface area contributed by atoms with Gasteiger partial charge < -0.3 is 11.1 Å². The Morgan fingerprint density at radius 3 is 2.67 bits per heavy atom. The zero-order valence-corrected chi connectivity index (χ0v) is 10.0. The molecule has 0 aliphatic carbocycles. The van der Waals surface area contributed by atoms with Crippen molar-refractivity contribution in [3.05, 3.63) is 52.8 Å². The van der Waals surface area contributed by atoms with Crippen molar-refractivity contribution in [2.75, 3.05) is 11.1 Å². The molecular weight excluding hydrogens is 253 g/mol. The number of nitrogens with zero attached hydrogens (tertiary/aromatic N) is 1. The van der Waals surface area contributed by atoms with Gasteiger partial charge in [0.15, 0.2) is 5.82 Å². The third-order valence-electron chi connectivity index (χ3n) is 2.40. The highest BCUT2D eigenvalue weighted by Crippen LogP contribution is 2.28. The summed E-state index contributed by atoms with van der Waals surface area (Å²) in [6.07, 6.45) is 0. The lowest BCUT2D eigenvalue weighted by molar-refractivity contribution is 0.632. The molecule has 2 aromatic rings. The average molecular weight is 262 g/mol. The van der Waals surface area contributed by atoms with Crippen LogP contribution in [-0.4, -0.2) is 0 Å². The fourth-order valence-electron chi connectivity index (χ4n) is 1.49. The smallest absolute Gasteiger partial charge is 0.165 e. The Hall–Kier alpha value is -2.25. The van der Waals surface area contributed by atoms with Crippen molar-refractivity contribution in [3.63, 3.8) is 0 Å². The Balaban J connectivity index is 2.35. The molecule has 0 bridgehead atoms. The lowest BCUT2D eigenvalue weighted by Crippen LogP contribution is -1.99. The molecule has 3 N–H and O–H groups in total. The highest BCUT2D eigenvalue weighted by molar-refractivity contribution is 6.31. The van der Waals surface area contributed by atoms with Gasteiger partial charge in [-0.05, 0) is 30.3 Å². The molecule has 2 aromatic carbocycles. The van der Waals surface area contributed by atoms with E-state index in [2.05, 4.69) is 5.32 Å². The van der Waals surface area contributed by atoms with Crippen LogP contribution in [0.15, 0.2) is 36.4 Å². The van der Waals surface area contributed by atoms with Crippen LogP contribution in [0.3, 0.4) is 0 Å². The molecule has 2 rings (SSSR count). The molecule has 0 atom stereocenters. The number of halogens is 2. The van der Waals surface area contributed by atoms with Crippen LogP contribution in [0.5, 0.6) is 0 Å². The molecule has 0 fully saturated rings. The molecule has 0 saturated heterocycles. The van der Waals surface area contributed by atoms with Crippen molar-refractivity contribution < 1.29 is 4.39 Å². The Kier molecular flexibility index (Phi) is 3.35. The van der Waals surface area contributed by atoms with Crippen LogP contribution in [0.4, 0.5) is 21.5 Å². The maximum absolute atomic E-state index is 13.7. The van der Waals surface area contributed by atoms with E-state index in [1.54, 1.807) is 24.3 Å². The molecule has 90 valence electrons. The summed E-state index contributed by atoms with van der Waals surface area (Å²) in [5, 5.41) is 11.6. The predicted molar refractivity (Wildman–Crippen MR) is 70.3 cm³/mol. The van der Waals surface area contributed by atoms with E-state index in [0.29, 0.717) is 16.9 Å². The van der Waals surface area contributed by atoms with E-state index in [-0.39, 0.29) is 10.7 Å². The van der Waals surface area contributed by atoms with E-state index < -0.39 is 5.82 Å². The third-order valence-corrected chi connectivity index (χ3v) is 2.69. The molecule has 0 amide bonds. The van der Waals surface area contributed by atoms with Gasteiger partial charge in [-0.25, -0.2) is 4.39 Å². The second-order valence-electron chi connectivity index (χ2n) is 3.64. The first-order valence-electron chi connectivity index (χ1n) is 5.12. The maximum Gasteiger partial charge on any atom is 0.165 e. The van der Waals surface area contributed by atoms with Crippen LogP contribution in [0.25, 0.3) is 0 Å². The summed E-state index contributed by atoms with van der Waals surface area (Å²) < 4.78 is 13.7. The molecule has 0 unspecified atom stereocenters. The molecule has 0 spiro atoms. The zero-order valence-electron chi connectivity index (χ0n) is 9.24. The Labute approximate surface area is 109 Å². The normalized spacial score (nSPS) is 9.83. The minimum atomic E-state index is -0.539. The molecule has 0 aliphatic rings. The van der Waals surface area contributed by atoms with Gasteiger partial charge in [-0.3, -0.25) is 0 Å². The topological polar surface area (TPSA) is 61.8 Å². The molecule has 18 heavy (non-hydrogen) atoms. The number of hydrogen-bond acceptors (Lipinski definition) is 3. The summed E-state index contributed by atoms with van der Waals surface area (Å²) in [5.41, 5.74) is 7.34. The molecule has 0 radical (unpaired) electrons. The van der Waals surface area contributed by atoms with Crippen molar-refractivity contribution in [3.8, 4) is 6.07 Å². The van der Waals surface area contributed by atoms with Gasteiger partial charge in [-0.2, -0.15) is 5.26 Å². The van der Waals surface area contributed by atoms with Crippen molar-refractivity contribution in [2.45, 2.75) is 0 Å². The summed E-state index contributed by atoms with van der Waals surface area (Å²) in [4.78, 5) is 0. The van der Waals surface area contributed by atoms with E-state index in [0.717, 1.165) is 0 Å².